The van der Waals surface area contributed by atoms with Crippen molar-refractivity contribution in [2.24, 2.45) is 16.8 Å². The van der Waals surface area contributed by atoms with Gasteiger partial charge in [-0.1, -0.05) is 48.2 Å². The molecule has 9 nitrogen and oxygen atoms in total. The zero-order valence-corrected chi connectivity index (χ0v) is 28.7. The lowest BCUT2D eigenvalue weighted by Crippen LogP contribution is -2.40. The van der Waals surface area contributed by atoms with Crippen LogP contribution in [0.25, 0.3) is 10.4 Å². The summed E-state index contributed by atoms with van der Waals surface area (Å²) in [5, 5.41) is 11.3. The van der Waals surface area contributed by atoms with Crippen LogP contribution in [-0.2, 0) is 17.4 Å². The molecule has 2 saturated heterocycles. The van der Waals surface area contributed by atoms with Gasteiger partial charge in [0.2, 0.25) is 5.91 Å². The van der Waals surface area contributed by atoms with Gasteiger partial charge in [0.1, 0.15) is 5.84 Å². The topological polar surface area (TPSA) is 106 Å². The van der Waals surface area contributed by atoms with Crippen LogP contribution in [0, 0.1) is 24.7 Å². The number of piperidine rings is 2. The Bertz CT molecular complexity index is 1910. The third-order valence-electron chi connectivity index (χ3n) is 10.00. The van der Waals surface area contributed by atoms with Crippen LogP contribution in [0.5, 0.6) is 0 Å². The largest absolute Gasteiger partial charge is 0.453 e. The summed E-state index contributed by atoms with van der Waals surface area (Å²) >= 11 is 1.62. The summed E-state index contributed by atoms with van der Waals surface area (Å²) in [6.45, 7) is 4.83. The third kappa shape index (κ3) is 7.46. The van der Waals surface area contributed by atoms with E-state index in [9.17, 15) is 18.0 Å². The number of thiazole rings is 1. The fourth-order valence-corrected chi connectivity index (χ4v) is 7.84. The molecule has 13 heteroatoms. The Morgan fingerprint density at radius 3 is 2.36 bits per heavy atom. The second-order valence-corrected chi connectivity index (χ2v) is 14.1. The van der Waals surface area contributed by atoms with Crippen LogP contribution in [0.4, 0.5) is 13.2 Å². The average molecular weight is 701 g/mol. The van der Waals surface area contributed by atoms with Crippen molar-refractivity contribution in [3.8, 4) is 22.3 Å². The molecule has 2 N–H and O–H groups in total. The van der Waals surface area contributed by atoms with Gasteiger partial charge in [-0.25, -0.2) is 4.98 Å². The molecule has 0 saturated carbocycles. The Morgan fingerprint density at radius 2 is 1.70 bits per heavy atom. The van der Waals surface area contributed by atoms with Crippen LogP contribution in [0.15, 0.2) is 59.1 Å². The molecule has 0 spiro atoms. The lowest BCUT2D eigenvalue weighted by atomic mass is 9.88. The highest BCUT2D eigenvalue weighted by Crippen LogP contribution is 2.33. The molecule has 5 heterocycles. The number of nitrogens with zero attached hydrogens (tertiary/aromatic N) is 7. The molecule has 3 aliphatic rings. The van der Waals surface area contributed by atoms with Gasteiger partial charge >= 0.3 is 6.18 Å². The van der Waals surface area contributed by atoms with Crippen molar-refractivity contribution in [2.75, 3.05) is 26.2 Å². The Hall–Kier alpha value is -4.54. The van der Waals surface area contributed by atoms with Gasteiger partial charge in [0.15, 0.2) is 5.82 Å². The van der Waals surface area contributed by atoms with E-state index in [0.717, 1.165) is 70.7 Å². The van der Waals surface area contributed by atoms with Gasteiger partial charge < -0.3 is 15.5 Å². The third-order valence-corrected chi connectivity index (χ3v) is 11.0. The predicted molar refractivity (Wildman–Crippen MR) is 186 cm³/mol. The number of amides is 1. The van der Waals surface area contributed by atoms with Gasteiger partial charge in [-0.05, 0) is 67.3 Å². The monoisotopic (exact) mass is 700 g/mol. The zero-order chi connectivity index (χ0) is 34.8. The molecule has 0 radical (unpaired) electrons. The first kappa shape index (κ1) is 33.9. The number of nitrogens with two attached hydrogens (primary N) is 1. The van der Waals surface area contributed by atoms with E-state index in [0.29, 0.717) is 37.7 Å². The van der Waals surface area contributed by atoms with Crippen LogP contribution in [0.3, 0.4) is 0 Å². The Kier molecular flexibility index (Phi) is 9.75. The van der Waals surface area contributed by atoms with Gasteiger partial charge in [0.05, 0.1) is 16.1 Å². The number of aryl methyl sites for hydroxylation is 2. The summed E-state index contributed by atoms with van der Waals surface area (Å²) in [4.78, 5) is 22.5. The number of aromatic nitrogens is 4. The van der Waals surface area contributed by atoms with Crippen molar-refractivity contribution in [3.63, 3.8) is 0 Å². The van der Waals surface area contributed by atoms with Gasteiger partial charge in [-0.2, -0.15) is 22.9 Å². The molecule has 4 aromatic rings. The number of likely N-dealkylation sites (tertiary alicyclic amines) is 2. The molecule has 260 valence electrons. The number of rotatable bonds is 5. The van der Waals surface area contributed by atoms with E-state index in [1.807, 2.05) is 41.6 Å². The lowest BCUT2D eigenvalue weighted by Gasteiger charge is -2.35. The molecule has 0 unspecified atom stereocenters. The molecule has 1 atom stereocenters. The number of hydrogen-bond donors (Lipinski definition) is 1. The SMILES string of the molecule is Cc1ncsc1-c1ccc([C@@H](N)CC(=O)N2CCC(C#Cc3ccc(C4CCN(C5=Nn6c(nnc6C(F)(F)F)CC5)CC4)cc3)CC2)cc1. The van der Waals surface area contributed by atoms with Crippen LogP contribution >= 0.6 is 11.3 Å². The lowest BCUT2D eigenvalue weighted by molar-refractivity contribution is -0.147. The van der Waals surface area contributed by atoms with Crippen molar-refractivity contribution < 1.29 is 18.0 Å². The molecular weight excluding hydrogens is 662 g/mol. The summed E-state index contributed by atoms with van der Waals surface area (Å²) in [5.41, 5.74) is 13.6. The number of hydrogen-bond acceptors (Lipinski definition) is 8. The minimum Gasteiger partial charge on any atom is -0.359 e. The maximum Gasteiger partial charge on any atom is 0.453 e. The van der Waals surface area contributed by atoms with E-state index in [-0.39, 0.29) is 30.1 Å². The summed E-state index contributed by atoms with van der Waals surface area (Å²) in [7, 11) is 0. The second-order valence-electron chi connectivity index (χ2n) is 13.3. The first-order valence-corrected chi connectivity index (χ1v) is 18.0. The maximum absolute atomic E-state index is 13.3. The van der Waals surface area contributed by atoms with Crippen molar-refractivity contribution in [1.29, 1.82) is 0 Å². The molecule has 2 aromatic carbocycles. The van der Waals surface area contributed by atoms with Gasteiger partial charge in [0, 0.05) is 63.0 Å². The molecule has 2 aromatic heterocycles. The highest BCUT2D eigenvalue weighted by Gasteiger charge is 2.40. The molecule has 3 aliphatic heterocycles. The van der Waals surface area contributed by atoms with Crippen molar-refractivity contribution in [3.05, 3.63) is 88.1 Å². The number of carbonyl (C=O) groups is 1. The first-order valence-electron chi connectivity index (χ1n) is 17.1. The fraction of sp³-hybridized carbons (Fsp3) is 0.432. The highest BCUT2D eigenvalue weighted by molar-refractivity contribution is 7.13. The zero-order valence-electron chi connectivity index (χ0n) is 27.9. The van der Waals surface area contributed by atoms with Crippen molar-refractivity contribution in [2.45, 2.75) is 70.0 Å². The predicted octanol–water partition coefficient (Wildman–Crippen LogP) is 6.40. The van der Waals surface area contributed by atoms with E-state index in [1.54, 1.807) is 11.3 Å². The van der Waals surface area contributed by atoms with E-state index in [2.05, 4.69) is 61.3 Å². The molecular formula is C37H39F3N8OS. The Balaban J connectivity index is 0.862. The second kappa shape index (κ2) is 14.4. The highest BCUT2D eigenvalue weighted by atomic mass is 32.1. The molecule has 7 rings (SSSR count). The van der Waals surface area contributed by atoms with Crippen LogP contribution in [0.2, 0.25) is 0 Å². The number of benzene rings is 2. The summed E-state index contributed by atoms with van der Waals surface area (Å²) in [6, 6.07) is 16.2. The van der Waals surface area contributed by atoms with Gasteiger partial charge in [-0.15, -0.1) is 21.5 Å². The molecule has 2 fully saturated rings. The van der Waals surface area contributed by atoms with E-state index >= 15 is 0 Å². The number of amidine groups is 1. The summed E-state index contributed by atoms with van der Waals surface area (Å²) in [5.74, 6) is 7.30. The van der Waals surface area contributed by atoms with E-state index < -0.39 is 12.0 Å². The quantitative estimate of drug-likeness (QED) is 0.242. The van der Waals surface area contributed by atoms with Crippen LogP contribution in [0.1, 0.15) is 84.5 Å². The van der Waals surface area contributed by atoms with Crippen LogP contribution in [-0.4, -0.2) is 67.6 Å². The molecule has 50 heavy (non-hydrogen) atoms. The molecule has 0 bridgehead atoms. The number of carbonyl (C=O) groups excluding carboxylic acids is 1. The standard InChI is InChI=1S/C37H39F3N8OS/c1-24-35(50-23-42-24)30-10-8-29(9-11-30)31(41)22-34(49)47-18-14-26(15-19-47)3-2-25-4-6-27(7-5-25)28-16-20-46(21-17-28)33-13-12-32-43-44-36(37(38,39)40)48(32)45-33/h4-11,23,26,28,31H,12-22,41H2,1H3/t31-/m0/s1. The average Bonchev–Trinajstić information content (AvgIpc) is 3.77. The summed E-state index contributed by atoms with van der Waals surface area (Å²) in [6.07, 6.45) is 0.111. The molecule has 1 amide bonds. The molecule has 0 aliphatic carbocycles. The number of halogens is 3. The minimum absolute atomic E-state index is 0.0830. The van der Waals surface area contributed by atoms with E-state index in [1.165, 1.54) is 5.56 Å². The fourth-order valence-electron chi connectivity index (χ4n) is 7.02. The van der Waals surface area contributed by atoms with E-state index in [4.69, 9.17) is 5.73 Å². The van der Waals surface area contributed by atoms with Crippen LogP contribution < -0.4 is 5.73 Å². The first-order chi connectivity index (χ1) is 24.1. The van der Waals surface area contributed by atoms with Crippen molar-refractivity contribution in [1.82, 2.24) is 29.7 Å². The number of fused-ring (bicyclic) bond motifs is 1. The van der Waals surface area contributed by atoms with Gasteiger partial charge in [-0.3, -0.25) is 4.79 Å². The smallest absolute Gasteiger partial charge is 0.359 e. The Morgan fingerprint density at radius 1 is 0.980 bits per heavy atom. The Labute approximate surface area is 293 Å². The van der Waals surface area contributed by atoms with Gasteiger partial charge in [0.25, 0.3) is 5.82 Å². The number of alkyl halides is 3. The normalized spacial score (nSPS) is 17.9. The summed E-state index contributed by atoms with van der Waals surface area (Å²) < 4.78 is 40.8. The minimum atomic E-state index is -4.59. The maximum atomic E-state index is 13.3. The van der Waals surface area contributed by atoms with Crippen molar-refractivity contribution >= 4 is 23.1 Å².